The van der Waals surface area contributed by atoms with E-state index in [1.54, 1.807) is 29.2 Å². The fourth-order valence-corrected chi connectivity index (χ4v) is 4.65. The minimum absolute atomic E-state index is 0.0153. The minimum atomic E-state index is -0.450. The van der Waals surface area contributed by atoms with Crippen molar-refractivity contribution in [3.8, 4) is 0 Å². The Balaban J connectivity index is 1.39. The van der Waals surface area contributed by atoms with Gasteiger partial charge in [-0.1, -0.05) is 30.3 Å². The standard InChI is InChI=1S/C25H31N3O3/c1-26-16-18-4-2-5-20(14-18)19-8-11-27(12-9-19)24(30)21-6-3-7-22(15-21)25(31)28-13-10-23(29)17-28/h2-7,14-15,19,23,26,29H,8-13,16-17H2,1H3. The minimum Gasteiger partial charge on any atom is -0.391 e. The predicted octanol–water partition coefficient (Wildman–Crippen LogP) is 2.63. The quantitative estimate of drug-likeness (QED) is 0.779. The van der Waals surface area contributed by atoms with Gasteiger partial charge in [-0.2, -0.15) is 0 Å². The van der Waals surface area contributed by atoms with Gasteiger partial charge < -0.3 is 20.2 Å². The van der Waals surface area contributed by atoms with Gasteiger partial charge in [0.1, 0.15) is 0 Å². The number of nitrogens with zero attached hydrogens (tertiary/aromatic N) is 2. The first kappa shape index (κ1) is 21.5. The molecule has 1 unspecified atom stereocenters. The summed E-state index contributed by atoms with van der Waals surface area (Å²) in [6.07, 6.45) is 2.05. The van der Waals surface area contributed by atoms with Crippen LogP contribution in [-0.2, 0) is 6.54 Å². The normalized spacial score (nSPS) is 19.6. The topological polar surface area (TPSA) is 72.9 Å². The Labute approximate surface area is 183 Å². The van der Waals surface area contributed by atoms with Crippen LogP contribution < -0.4 is 5.32 Å². The molecule has 2 aromatic carbocycles. The number of carbonyl (C=O) groups excluding carboxylic acids is 2. The summed E-state index contributed by atoms with van der Waals surface area (Å²) in [5.41, 5.74) is 3.70. The van der Waals surface area contributed by atoms with Crippen LogP contribution in [-0.4, -0.2) is 66.1 Å². The number of β-amino-alcohol motifs (C(OH)–C–C–N with tert-alkyl or cyclic N) is 1. The van der Waals surface area contributed by atoms with Gasteiger partial charge in [0.15, 0.2) is 0 Å². The van der Waals surface area contributed by atoms with Gasteiger partial charge in [-0.05, 0) is 61.6 Å². The molecule has 2 fully saturated rings. The number of likely N-dealkylation sites (tertiary alicyclic amines) is 2. The summed E-state index contributed by atoms with van der Waals surface area (Å²) < 4.78 is 0. The molecule has 0 bridgehead atoms. The Morgan fingerprint density at radius 1 is 0.935 bits per heavy atom. The average Bonchev–Trinajstić information content (AvgIpc) is 3.25. The fraction of sp³-hybridized carbons (Fsp3) is 0.440. The number of piperidine rings is 1. The van der Waals surface area contributed by atoms with E-state index >= 15 is 0 Å². The molecule has 164 valence electrons. The smallest absolute Gasteiger partial charge is 0.253 e. The van der Waals surface area contributed by atoms with E-state index in [1.165, 1.54) is 11.1 Å². The number of rotatable bonds is 5. The van der Waals surface area contributed by atoms with Crippen LogP contribution in [0.1, 0.15) is 57.0 Å². The van der Waals surface area contributed by atoms with Crippen molar-refractivity contribution in [1.29, 1.82) is 0 Å². The molecule has 0 radical (unpaired) electrons. The van der Waals surface area contributed by atoms with Crippen molar-refractivity contribution in [2.24, 2.45) is 0 Å². The van der Waals surface area contributed by atoms with Crippen molar-refractivity contribution in [1.82, 2.24) is 15.1 Å². The molecule has 31 heavy (non-hydrogen) atoms. The highest BCUT2D eigenvalue weighted by atomic mass is 16.3. The van der Waals surface area contributed by atoms with E-state index < -0.39 is 6.10 Å². The highest BCUT2D eigenvalue weighted by molar-refractivity contribution is 5.99. The van der Waals surface area contributed by atoms with Crippen molar-refractivity contribution in [2.45, 2.75) is 37.8 Å². The summed E-state index contributed by atoms with van der Waals surface area (Å²) in [4.78, 5) is 29.3. The second-order valence-corrected chi connectivity index (χ2v) is 8.62. The highest BCUT2D eigenvalue weighted by Gasteiger charge is 2.27. The highest BCUT2D eigenvalue weighted by Crippen LogP contribution is 2.29. The zero-order chi connectivity index (χ0) is 21.8. The van der Waals surface area contributed by atoms with Gasteiger partial charge in [0.2, 0.25) is 0 Å². The number of nitrogens with one attached hydrogen (secondary N) is 1. The molecule has 0 saturated carbocycles. The van der Waals surface area contributed by atoms with Gasteiger partial charge in [0.25, 0.3) is 11.8 Å². The van der Waals surface area contributed by atoms with Crippen molar-refractivity contribution in [2.75, 3.05) is 33.2 Å². The number of benzene rings is 2. The maximum absolute atomic E-state index is 13.1. The maximum Gasteiger partial charge on any atom is 0.253 e. The van der Waals surface area contributed by atoms with E-state index in [9.17, 15) is 14.7 Å². The Morgan fingerprint density at radius 2 is 1.58 bits per heavy atom. The lowest BCUT2D eigenvalue weighted by molar-refractivity contribution is 0.0713. The number of amides is 2. The number of hydrogen-bond donors (Lipinski definition) is 2. The van der Waals surface area contributed by atoms with Gasteiger partial charge in [-0.3, -0.25) is 9.59 Å². The van der Waals surface area contributed by atoms with Crippen LogP contribution in [0.25, 0.3) is 0 Å². The largest absolute Gasteiger partial charge is 0.391 e. The summed E-state index contributed by atoms with van der Waals surface area (Å²) in [6, 6.07) is 15.7. The Hall–Kier alpha value is -2.70. The molecule has 2 aliphatic rings. The summed E-state index contributed by atoms with van der Waals surface area (Å²) >= 11 is 0. The zero-order valence-electron chi connectivity index (χ0n) is 18.1. The van der Waals surface area contributed by atoms with Crippen LogP contribution in [0.2, 0.25) is 0 Å². The molecule has 6 heteroatoms. The van der Waals surface area contributed by atoms with Crippen LogP contribution in [0.5, 0.6) is 0 Å². The summed E-state index contributed by atoms with van der Waals surface area (Å²) in [7, 11) is 1.95. The SMILES string of the molecule is CNCc1cccc(C2CCN(C(=O)c3cccc(C(=O)N4CCC(O)C4)c3)CC2)c1. The molecule has 0 aromatic heterocycles. The van der Waals surface area contributed by atoms with Crippen LogP contribution in [0.4, 0.5) is 0 Å². The van der Waals surface area contributed by atoms with E-state index in [1.807, 2.05) is 11.9 Å². The van der Waals surface area contributed by atoms with E-state index in [2.05, 4.69) is 29.6 Å². The zero-order valence-corrected chi connectivity index (χ0v) is 18.1. The number of aliphatic hydroxyl groups is 1. The Bertz CT molecular complexity index is 937. The molecule has 4 rings (SSSR count). The van der Waals surface area contributed by atoms with Crippen molar-refractivity contribution >= 4 is 11.8 Å². The lowest BCUT2D eigenvalue weighted by Crippen LogP contribution is -2.38. The van der Waals surface area contributed by atoms with Crippen LogP contribution in [0.3, 0.4) is 0 Å². The Morgan fingerprint density at radius 3 is 2.23 bits per heavy atom. The maximum atomic E-state index is 13.1. The first-order valence-corrected chi connectivity index (χ1v) is 11.2. The van der Waals surface area contributed by atoms with E-state index in [0.29, 0.717) is 36.6 Å². The molecule has 0 aliphatic carbocycles. The fourth-order valence-electron chi connectivity index (χ4n) is 4.65. The third-order valence-corrected chi connectivity index (χ3v) is 6.39. The molecule has 1 atom stereocenters. The van der Waals surface area contributed by atoms with E-state index in [-0.39, 0.29) is 11.8 Å². The molecular weight excluding hydrogens is 390 g/mol. The second-order valence-electron chi connectivity index (χ2n) is 8.62. The molecule has 2 amide bonds. The molecule has 2 N–H and O–H groups in total. The molecule has 2 heterocycles. The summed E-state index contributed by atoms with van der Waals surface area (Å²) in [5, 5.41) is 12.9. The number of hydrogen-bond acceptors (Lipinski definition) is 4. The van der Waals surface area contributed by atoms with Gasteiger partial charge in [0.05, 0.1) is 6.10 Å². The van der Waals surface area contributed by atoms with Crippen LogP contribution in [0, 0.1) is 0 Å². The van der Waals surface area contributed by atoms with Crippen molar-refractivity contribution < 1.29 is 14.7 Å². The lowest BCUT2D eigenvalue weighted by Gasteiger charge is -2.32. The molecule has 2 aromatic rings. The second kappa shape index (κ2) is 9.62. The van der Waals surface area contributed by atoms with Gasteiger partial charge >= 0.3 is 0 Å². The average molecular weight is 422 g/mol. The first-order chi connectivity index (χ1) is 15.0. The van der Waals surface area contributed by atoms with Gasteiger partial charge in [-0.25, -0.2) is 0 Å². The number of aliphatic hydroxyl groups excluding tert-OH is 1. The first-order valence-electron chi connectivity index (χ1n) is 11.2. The molecular formula is C25H31N3O3. The molecule has 6 nitrogen and oxygen atoms in total. The molecule has 2 saturated heterocycles. The van der Waals surface area contributed by atoms with Crippen LogP contribution >= 0.6 is 0 Å². The lowest BCUT2D eigenvalue weighted by atomic mass is 9.88. The van der Waals surface area contributed by atoms with Crippen molar-refractivity contribution in [3.63, 3.8) is 0 Å². The summed E-state index contributed by atoms with van der Waals surface area (Å²) in [6.45, 7) is 3.21. The summed E-state index contributed by atoms with van der Waals surface area (Å²) in [5.74, 6) is 0.334. The van der Waals surface area contributed by atoms with Crippen LogP contribution in [0.15, 0.2) is 48.5 Å². The molecule has 2 aliphatic heterocycles. The van der Waals surface area contributed by atoms with Gasteiger partial charge in [0, 0.05) is 43.9 Å². The third kappa shape index (κ3) is 4.97. The van der Waals surface area contributed by atoms with Crippen molar-refractivity contribution in [3.05, 3.63) is 70.8 Å². The number of carbonyl (C=O) groups is 2. The molecule has 0 spiro atoms. The van der Waals surface area contributed by atoms with E-state index in [0.717, 1.165) is 32.5 Å². The predicted molar refractivity (Wildman–Crippen MR) is 120 cm³/mol. The van der Waals surface area contributed by atoms with E-state index in [4.69, 9.17) is 0 Å². The third-order valence-electron chi connectivity index (χ3n) is 6.39. The van der Waals surface area contributed by atoms with Gasteiger partial charge in [-0.15, -0.1) is 0 Å². The Kier molecular flexibility index (Phi) is 6.68. The monoisotopic (exact) mass is 421 g/mol.